The molecule has 0 saturated heterocycles. The van der Waals surface area contributed by atoms with Crippen LogP contribution in [0.3, 0.4) is 0 Å². The highest BCUT2D eigenvalue weighted by Gasteiger charge is 2.39. The second-order valence-electron chi connectivity index (χ2n) is 5.05. The summed E-state index contributed by atoms with van der Waals surface area (Å²) in [6.45, 7) is 10.1. The van der Waals surface area contributed by atoms with Crippen LogP contribution in [-0.4, -0.2) is 34.6 Å². The van der Waals surface area contributed by atoms with Crippen molar-refractivity contribution in [1.29, 1.82) is 0 Å². The molecule has 1 N–H and O–H groups in total. The molecular weight excluding hydrogens is 190 g/mol. The van der Waals surface area contributed by atoms with Crippen LogP contribution in [-0.2, 0) is 4.79 Å². The van der Waals surface area contributed by atoms with Crippen molar-refractivity contribution in [3.63, 3.8) is 0 Å². The minimum Gasteiger partial charge on any atom is -0.480 e. The molecule has 15 heavy (non-hydrogen) atoms. The summed E-state index contributed by atoms with van der Waals surface area (Å²) in [5, 5.41) is 9.35. The number of likely N-dealkylation sites (N-methyl/N-ethyl adjacent to an activating group) is 1. The number of carboxylic acids is 1. The van der Waals surface area contributed by atoms with Crippen LogP contribution in [0.15, 0.2) is 0 Å². The molecule has 0 aliphatic rings. The van der Waals surface area contributed by atoms with Crippen LogP contribution < -0.4 is 0 Å². The maximum Gasteiger partial charge on any atom is 0.323 e. The fourth-order valence-corrected chi connectivity index (χ4v) is 1.94. The molecule has 0 saturated carbocycles. The first-order valence-corrected chi connectivity index (χ1v) is 5.72. The molecule has 90 valence electrons. The van der Waals surface area contributed by atoms with Gasteiger partial charge in [-0.1, -0.05) is 20.8 Å². The largest absolute Gasteiger partial charge is 0.480 e. The highest BCUT2D eigenvalue weighted by atomic mass is 16.4. The Balaban J connectivity index is 4.85. The Morgan fingerprint density at radius 3 is 2.13 bits per heavy atom. The lowest BCUT2D eigenvalue weighted by Gasteiger charge is -2.40. The number of hydrogen-bond acceptors (Lipinski definition) is 2. The van der Waals surface area contributed by atoms with Crippen molar-refractivity contribution in [2.45, 2.75) is 59.0 Å². The summed E-state index contributed by atoms with van der Waals surface area (Å²) < 4.78 is 0. The molecule has 0 spiro atoms. The van der Waals surface area contributed by atoms with E-state index in [9.17, 15) is 9.90 Å². The van der Waals surface area contributed by atoms with Gasteiger partial charge >= 0.3 is 5.97 Å². The fraction of sp³-hybridized carbons (Fsp3) is 0.917. The van der Waals surface area contributed by atoms with E-state index in [1.54, 1.807) is 0 Å². The van der Waals surface area contributed by atoms with Crippen LogP contribution in [0.2, 0.25) is 0 Å². The van der Waals surface area contributed by atoms with E-state index in [4.69, 9.17) is 0 Å². The third-order valence-electron chi connectivity index (χ3n) is 3.30. The number of hydrogen-bond donors (Lipinski definition) is 1. The lowest BCUT2D eigenvalue weighted by molar-refractivity contribution is -0.152. The molecule has 0 aromatic heterocycles. The van der Waals surface area contributed by atoms with Gasteiger partial charge in [-0.05, 0) is 39.7 Å². The van der Waals surface area contributed by atoms with Gasteiger partial charge in [0.25, 0.3) is 0 Å². The van der Waals surface area contributed by atoms with Crippen molar-refractivity contribution in [3.05, 3.63) is 0 Å². The predicted octanol–water partition coefficient (Wildman–Crippen LogP) is 2.61. The van der Waals surface area contributed by atoms with E-state index >= 15 is 0 Å². The molecule has 0 bridgehead atoms. The SMILES string of the molecule is CCC(C)N(C)C(C)(CC(C)C)C(=O)O. The first kappa shape index (κ1) is 14.4. The predicted molar refractivity (Wildman–Crippen MR) is 63.0 cm³/mol. The number of rotatable bonds is 6. The number of aliphatic carboxylic acids is 1. The molecule has 0 heterocycles. The summed E-state index contributed by atoms with van der Waals surface area (Å²) in [6, 6.07) is 0.296. The molecule has 3 heteroatoms. The van der Waals surface area contributed by atoms with Gasteiger partial charge in [0.1, 0.15) is 5.54 Å². The summed E-state index contributed by atoms with van der Waals surface area (Å²) in [5.41, 5.74) is -0.746. The van der Waals surface area contributed by atoms with Crippen LogP contribution in [0.1, 0.15) is 47.5 Å². The zero-order valence-corrected chi connectivity index (χ0v) is 10.9. The third-order valence-corrected chi connectivity index (χ3v) is 3.30. The Kier molecular flexibility index (Phi) is 5.29. The fourth-order valence-electron chi connectivity index (χ4n) is 1.94. The smallest absolute Gasteiger partial charge is 0.323 e. The molecule has 0 aromatic rings. The Morgan fingerprint density at radius 1 is 1.40 bits per heavy atom. The number of nitrogens with zero attached hydrogens (tertiary/aromatic N) is 1. The summed E-state index contributed by atoms with van der Waals surface area (Å²) >= 11 is 0. The molecule has 2 unspecified atom stereocenters. The number of carboxylic acid groups (broad SMARTS) is 1. The van der Waals surface area contributed by atoms with Crippen LogP contribution in [0.5, 0.6) is 0 Å². The number of carbonyl (C=O) groups is 1. The quantitative estimate of drug-likeness (QED) is 0.740. The first-order valence-electron chi connectivity index (χ1n) is 5.72. The lowest BCUT2D eigenvalue weighted by atomic mass is 9.88. The maximum absolute atomic E-state index is 11.4. The Bertz CT molecular complexity index is 216. The van der Waals surface area contributed by atoms with E-state index in [1.165, 1.54) is 0 Å². The van der Waals surface area contributed by atoms with Gasteiger partial charge in [-0.15, -0.1) is 0 Å². The first-order chi connectivity index (χ1) is 6.75. The second kappa shape index (κ2) is 5.50. The van der Waals surface area contributed by atoms with E-state index in [2.05, 4.69) is 27.7 Å². The zero-order valence-electron chi connectivity index (χ0n) is 10.9. The average molecular weight is 215 g/mol. The zero-order chi connectivity index (χ0) is 12.2. The van der Waals surface area contributed by atoms with Crippen molar-refractivity contribution < 1.29 is 9.90 Å². The summed E-state index contributed by atoms with van der Waals surface area (Å²) in [5.74, 6) is -0.336. The molecule has 0 aliphatic carbocycles. The Morgan fingerprint density at radius 2 is 1.87 bits per heavy atom. The molecule has 0 aliphatic heterocycles. The van der Waals surface area contributed by atoms with E-state index in [0.29, 0.717) is 18.4 Å². The van der Waals surface area contributed by atoms with E-state index < -0.39 is 11.5 Å². The van der Waals surface area contributed by atoms with Gasteiger partial charge in [-0.3, -0.25) is 9.69 Å². The van der Waals surface area contributed by atoms with E-state index in [-0.39, 0.29) is 0 Å². The van der Waals surface area contributed by atoms with Crippen molar-refractivity contribution >= 4 is 5.97 Å². The van der Waals surface area contributed by atoms with Crippen LogP contribution >= 0.6 is 0 Å². The molecule has 0 aromatic carbocycles. The topological polar surface area (TPSA) is 40.5 Å². The van der Waals surface area contributed by atoms with Crippen molar-refractivity contribution in [1.82, 2.24) is 4.90 Å². The van der Waals surface area contributed by atoms with Crippen LogP contribution in [0.4, 0.5) is 0 Å². The molecule has 0 amide bonds. The monoisotopic (exact) mass is 215 g/mol. The van der Waals surface area contributed by atoms with Crippen molar-refractivity contribution in [3.8, 4) is 0 Å². The highest BCUT2D eigenvalue weighted by Crippen LogP contribution is 2.25. The summed E-state index contributed by atoms with van der Waals surface area (Å²) in [7, 11) is 1.91. The summed E-state index contributed by atoms with van der Waals surface area (Å²) in [6.07, 6.45) is 1.65. The van der Waals surface area contributed by atoms with E-state index in [0.717, 1.165) is 6.42 Å². The van der Waals surface area contributed by atoms with Crippen LogP contribution in [0.25, 0.3) is 0 Å². The van der Waals surface area contributed by atoms with Gasteiger partial charge in [-0.2, -0.15) is 0 Å². The maximum atomic E-state index is 11.4. The van der Waals surface area contributed by atoms with Gasteiger partial charge in [0.2, 0.25) is 0 Å². The average Bonchev–Trinajstić information content (AvgIpc) is 2.13. The molecular formula is C12H25NO2. The molecule has 2 atom stereocenters. The van der Waals surface area contributed by atoms with Gasteiger partial charge in [0, 0.05) is 6.04 Å². The molecule has 0 rings (SSSR count). The normalized spacial score (nSPS) is 17.9. The standard InChI is InChI=1S/C12H25NO2/c1-7-10(4)13(6)12(5,11(14)15)8-9(2)3/h9-10H,7-8H2,1-6H3,(H,14,15). The van der Waals surface area contributed by atoms with Gasteiger partial charge in [0.15, 0.2) is 0 Å². The minimum absolute atomic E-state index is 0.296. The summed E-state index contributed by atoms with van der Waals surface area (Å²) in [4.78, 5) is 13.4. The molecule has 0 radical (unpaired) electrons. The molecule has 0 fully saturated rings. The van der Waals surface area contributed by atoms with Gasteiger partial charge in [-0.25, -0.2) is 0 Å². The highest BCUT2D eigenvalue weighted by molar-refractivity contribution is 5.78. The minimum atomic E-state index is -0.746. The second-order valence-corrected chi connectivity index (χ2v) is 5.05. The molecule has 3 nitrogen and oxygen atoms in total. The lowest BCUT2D eigenvalue weighted by Crippen LogP contribution is -2.54. The van der Waals surface area contributed by atoms with Gasteiger partial charge < -0.3 is 5.11 Å². The van der Waals surface area contributed by atoms with Crippen LogP contribution in [0, 0.1) is 5.92 Å². The van der Waals surface area contributed by atoms with Gasteiger partial charge in [0.05, 0.1) is 0 Å². The van der Waals surface area contributed by atoms with Crippen molar-refractivity contribution in [2.24, 2.45) is 5.92 Å². The Hall–Kier alpha value is -0.570. The van der Waals surface area contributed by atoms with Crippen molar-refractivity contribution in [2.75, 3.05) is 7.05 Å². The van der Waals surface area contributed by atoms with E-state index in [1.807, 2.05) is 18.9 Å². The Labute approximate surface area is 93.5 Å². The third kappa shape index (κ3) is 3.49.